The van der Waals surface area contributed by atoms with Gasteiger partial charge >= 0.3 is 0 Å². The maximum absolute atomic E-state index is 5.67. The molecular formula is C9H14N4O. The molecule has 0 saturated carbocycles. The molecule has 0 radical (unpaired) electrons. The summed E-state index contributed by atoms with van der Waals surface area (Å²) in [6, 6.07) is 3.36. The number of hydrazone groups is 1. The summed E-state index contributed by atoms with van der Waals surface area (Å²) in [4.78, 5) is 0. The quantitative estimate of drug-likeness (QED) is 0.426. The SMILES string of the molecule is C=NN(C)c1cc(N)c(N)cc1OC. The Morgan fingerprint density at radius 1 is 1.36 bits per heavy atom. The van der Waals surface area contributed by atoms with Crippen molar-refractivity contribution >= 4 is 23.8 Å². The third-order valence-corrected chi connectivity index (χ3v) is 1.95. The summed E-state index contributed by atoms with van der Waals surface area (Å²) >= 11 is 0. The highest BCUT2D eigenvalue weighted by molar-refractivity contribution is 5.75. The second-order valence-corrected chi connectivity index (χ2v) is 2.82. The zero-order valence-corrected chi connectivity index (χ0v) is 8.32. The number of anilines is 3. The van der Waals surface area contributed by atoms with E-state index in [4.69, 9.17) is 16.2 Å². The van der Waals surface area contributed by atoms with Gasteiger partial charge in [0.25, 0.3) is 0 Å². The molecule has 5 nitrogen and oxygen atoms in total. The van der Waals surface area contributed by atoms with Crippen LogP contribution in [0.15, 0.2) is 17.2 Å². The zero-order valence-electron chi connectivity index (χ0n) is 8.32. The molecule has 0 aliphatic heterocycles. The summed E-state index contributed by atoms with van der Waals surface area (Å²) < 4.78 is 5.14. The summed E-state index contributed by atoms with van der Waals surface area (Å²) in [6.45, 7) is 3.41. The van der Waals surface area contributed by atoms with Crippen molar-refractivity contribution in [2.24, 2.45) is 5.10 Å². The molecule has 0 unspecified atom stereocenters. The number of hydrogen-bond acceptors (Lipinski definition) is 5. The number of rotatable bonds is 3. The molecule has 1 rings (SSSR count). The summed E-state index contributed by atoms with van der Waals surface area (Å²) in [7, 11) is 3.31. The first-order valence-corrected chi connectivity index (χ1v) is 4.03. The lowest BCUT2D eigenvalue weighted by atomic mass is 10.2. The molecule has 0 atom stereocenters. The highest BCUT2D eigenvalue weighted by atomic mass is 16.5. The monoisotopic (exact) mass is 194 g/mol. The fraction of sp³-hybridized carbons (Fsp3) is 0.222. The van der Waals surface area contributed by atoms with Crippen LogP contribution in [-0.4, -0.2) is 20.9 Å². The molecule has 1 aromatic rings. The highest BCUT2D eigenvalue weighted by Crippen LogP contribution is 2.33. The fourth-order valence-corrected chi connectivity index (χ4v) is 1.09. The van der Waals surface area contributed by atoms with Gasteiger partial charge in [-0.15, -0.1) is 0 Å². The van der Waals surface area contributed by atoms with Crippen LogP contribution in [0.1, 0.15) is 0 Å². The van der Waals surface area contributed by atoms with Crippen LogP contribution < -0.4 is 21.2 Å². The van der Waals surface area contributed by atoms with Gasteiger partial charge in [0.1, 0.15) is 11.4 Å². The first-order chi connectivity index (χ1) is 6.60. The maximum Gasteiger partial charge on any atom is 0.146 e. The second-order valence-electron chi connectivity index (χ2n) is 2.82. The minimum atomic E-state index is 0.489. The van der Waals surface area contributed by atoms with Gasteiger partial charge in [0.05, 0.1) is 18.5 Å². The van der Waals surface area contributed by atoms with Crippen molar-refractivity contribution in [1.29, 1.82) is 0 Å². The Kier molecular flexibility index (Phi) is 2.81. The smallest absolute Gasteiger partial charge is 0.146 e. The Labute approximate surface area is 82.9 Å². The summed E-state index contributed by atoms with van der Waals surface area (Å²) in [6.07, 6.45) is 0. The summed E-state index contributed by atoms with van der Waals surface area (Å²) in [5.74, 6) is 0.617. The van der Waals surface area contributed by atoms with Crippen molar-refractivity contribution in [1.82, 2.24) is 0 Å². The van der Waals surface area contributed by atoms with Crippen molar-refractivity contribution in [2.45, 2.75) is 0 Å². The third kappa shape index (κ3) is 1.71. The number of methoxy groups -OCH3 is 1. The topological polar surface area (TPSA) is 76.9 Å². The van der Waals surface area contributed by atoms with Crippen molar-refractivity contribution in [3.63, 3.8) is 0 Å². The van der Waals surface area contributed by atoms with E-state index in [-0.39, 0.29) is 0 Å². The van der Waals surface area contributed by atoms with E-state index < -0.39 is 0 Å². The summed E-state index contributed by atoms with van der Waals surface area (Å²) in [5, 5.41) is 5.31. The largest absolute Gasteiger partial charge is 0.494 e. The normalized spacial score (nSPS) is 9.57. The van der Waals surface area contributed by atoms with Crippen molar-refractivity contribution in [3.05, 3.63) is 12.1 Å². The molecule has 0 spiro atoms. The third-order valence-electron chi connectivity index (χ3n) is 1.95. The second kappa shape index (κ2) is 3.87. The molecule has 76 valence electrons. The predicted octanol–water partition coefficient (Wildman–Crippen LogP) is 0.911. The lowest BCUT2D eigenvalue weighted by Crippen LogP contribution is -2.10. The van der Waals surface area contributed by atoms with Crippen LogP contribution in [0, 0.1) is 0 Å². The highest BCUT2D eigenvalue weighted by Gasteiger charge is 2.09. The number of nitrogens with two attached hydrogens (primary N) is 2. The molecule has 0 fully saturated rings. The van der Waals surface area contributed by atoms with Crippen molar-refractivity contribution in [2.75, 3.05) is 30.6 Å². The lowest BCUT2D eigenvalue weighted by molar-refractivity contribution is 0.415. The Bertz CT molecular complexity index is 351. The Hall–Kier alpha value is -1.91. The van der Waals surface area contributed by atoms with E-state index in [1.165, 1.54) is 0 Å². The van der Waals surface area contributed by atoms with Crippen LogP contribution in [0.25, 0.3) is 0 Å². The van der Waals surface area contributed by atoms with Crippen LogP contribution in [0.5, 0.6) is 5.75 Å². The minimum Gasteiger partial charge on any atom is -0.494 e. The molecule has 0 amide bonds. The molecule has 0 heterocycles. The van der Waals surface area contributed by atoms with Crippen LogP contribution >= 0.6 is 0 Å². The molecule has 5 heteroatoms. The lowest BCUT2D eigenvalue weighted by Gasteiger charge is -2.17. The van der Waals surface area contributed by atoms with Gasteiger partial charge < -0.3 is 16.2 Å². The van der Waals surface area contributed by atoms with Gasteiger partial charge in [-0.3, -0.25) is 5.01 Å². The molecule has 0 aliphatic carbocycles. The Morgan fingerprint density at radius 3 is 2.43 bits per heavy atom. The average Bonchev–Trinajstić information content (AvgIpc) is 2.20. The first-order valence-electron chi connectivity index (χ1n) is 4.03. The number of nitrogen functional groups attached to an aromatic ring is 2. The Morgan fingerprint density at radius 2 is 1.93 bits per heavy atom. The van der Waals surface area contributed by atoms with Gasteiger partial charge in [0.15, 0.2) is 0 Å². The van der Waals surface area contributed by atoms with E-state index in [1.807, 2.05) is 0 Å². The molecule has 1 aromatic carbocycles. The van der Waals surface area contributed by atoms with E-state index in [0.717, 1.165) is 5.69 Å². The zero-order chi connectivity index (χ0) is 10.7. The summed E-state index contributed by atoms with van der Waals surface area (Å²) in [5.41, 5.74) is 13.0. The number of nitrogens with zero attached hydrogens (tertiary/aromatic N) is 2. The van der Waals surface area contributed by atoms with Crippen molar-refractivity contribution in [3.8, 4) is 5.75 Å². The van der Waals surface area contributed by atoms with Crippen LogP contribution in [0.2, 0.25) is 0 Å². The van der Waals surface area contributed by atoms with Crippen LogP contribution in [-0.2, 0) is 0 Å². The van der Waals surface area contributed by atoms with E-state index in [1.54, 1.807) is 31.3 Å². The van der Waals surface area contributed by atoms with Gasteiger partial charge in [0.2, 0.25) is 0 Å². The maximum atomic E-state index is 5.67. The van der Waals surface area contributed by atoms with Crippen LogP contribution in [0.3, 0.4) is 0 Å². The molecular weight excluding hydrogens is 180 g/mol. The fourth-order valence-electron chi connectivity index (χ4n) is 1.09. The first kappa shape index (κ1) is 10.2. The molecule has 14 heavy (non-hydrogen) atoms. The van der Waals surface area contributed by atoms with E-state index in [9.17, 15) is 0 Å². The van der Waals surface area contributed by atoms with Crippen LogP contribution in [0.4, 0.5) is 17.1 Å². The van der Waals surface area contributed by atoms with Gasteiger partial charge in [-0.05, 0) is 6.07 Å². The molecule has 0 bridgehead atoms. The average molecular weight is 194 g/mol. The molecule has 0 aromatic heterocycles. The van der Waals surface area contributed by atoms with E-state index in [2.05, 4.69) is 11.8 Å². The predicted molar refractivity (Wildman–Crippen MR) is 59.8 cm³/mol. The van der Waals surface area contributed by atoms with E-state index >= 15 is 0 Å². The molecule has 4 N–H and O–H groups in total. The number of ether oxygens (including phenoxy) is 1. The Balaban J connectivity index is 3.26. The van der Waals surface area contributed by atoms with Gasteiger partial charge in [-0.2, -0.15) is 5.10 Å². The molecule has 0 saturated heterocycles. The van der Waals surface area contributed by atoms with E-state index in [0.29, 0.717) is 17.1 Å². The number of hydrogen-bond donors (Lipinski definition) is 2. The molecule has 0 aliphatic rings. The van der Waals surface area contributed by atoms with Gasteiger partial charge in [0, 0.05) is 19.8 Å². The number of benzene rings is 1. The van der Waals surface area contributed by atoms with Gasteiger partial charge in [-0.1, -0.05) is 0 Å². The van der Waals surface area contributed by atoms with Gasteiger partial charge in [-0.25, -0.2) is 0 Å². The van der Waals surface area contributed by atoms with Crippen molar-refractivity contribution < 1.29 is 4.74 Å². The standard InChI is InChI=1S/C9H14N4O/c1-12-13(2)8-4-6(10)7(11)5-9(8)14-3/h4-5H,1,10-11H2,2-3H3. The minimum absolute atomic E-state index is 0.489.